The Kier molecular flexibility index (Phi) is 5.51. The summed E-state index contributed by atoms with van der Waals surface area (Å²) in [5, 5.41) is 5.46. The van der Waals surface area contributed by atoms with Crippen molar-refractivity contribution in [2.75, 3.05) is 6.54 Å². The van der Waals surface area contributed by atoms with Gasteiger partial charge in [-0.15, -0.1) is 11.3 Å². The minimum absolute atomic E-state index is 0.0570. The molecule has 0 saturated carbocycles. The van der Waals surface area contributed by atoms with Gasteiger partial charge in [0.2, 0.25) is 11.8 Å². The van der Waals surface area contributed by atoms with E-state index in [2.05, 4.69) is 28.8 Å². The molecule has 2 aromatic rings. The van der Waals surface area contributed by atoms with E-state index in [0.29, 0.717) is 19.5 Å². The van der Waals surface area contributed by atoms with E-state index in [1.54, 1.807) is 11.3 Å². The first-order valence-corrected chi connectivity index (χ1v) is 7.62. The van der Waals surface area contributed by atoms with Crippen LogP contribution < -0.4 is 10.6 Å². The molecule has 110 valence electrons. The maximum atomic E-state index is 11.6. The van der Waals surface area contributed by atoms with E-state index in [4.69, 9.17) is 0 Å². The number of hydrogen-bond acceptors (Lipinski definition) is 3. The first-order chi connectivity index (χ1) is 10.1. The Morgan fingerprint density at radius 2 is 1.81 bits per heavy atom. The molecule has 0 fully saturated rings. The molecule has 0 aliphatic rings. The number of carbonyl (C=O) groups excluding carboxylic acids is 2. The van der Waals surface area contributed by atoms with Crippen LogP contribution in [0.1, 0.15) is 18.2 Å². The Morgan fingerprint density at radius 3 is 2.52 bits per heavy atom. The topological polar surface area (TPSA) is 58.2 Å². The van der Waals surface area contributed by atoms with Gasteiger partial charge in [-0.1, -0.05) is 30.3 Å². The summed E-state index contributed by atoms with van der Waals surface area (Å²) in [5.74, 6) is -0.174. The van der Waals surface area contributed by atoms with Crippen LogP contribution in [0.4, 0.5) is 0 Å². The molecule has 2 amide bonds. The lowest BCUT2D eigenvalue weighted by Crippen LogP contribution is -2.28. The summed E-state index contributed by atoms with van der Waals surface area (Å²) in [6.07, 6.45) is 0.302. The summed E-state index contributed by atoms with van der Waals surface area (Å²) in [7, 11) is 0. The lowest BCUT2D eigenvalue weighted by molar-refractivity contribution is -0.121. The van der Waals surface area contributed by atoms with Crippen molar-refractivity contribution in [1.82, 2.24) is 10.6 Å². The molecule has 2 rings (SSSR count). The fourth-order valence-electron chi connectivity index (χ4n) is 1.86. The highest BCUT2D eigenvalue weighted by molar-refractivity contribution is 7.15. The van der Waals surface area contributed by atoms with E-state index < -0.39 is 0 Å². The third-order valence-electron chi connectivity index (χ3n) is 2.91. The van der Waals surface area contributed by atoms with Crippen LogP contribution in [0.25, 0.3) is 10.4 Å². The minimum atomic E-state index is -0.117. The first-order valence-electron chi connectivity index (χ1n) is 6.80. The van der Waals surface area contributed by atoms with Crippen LogP contribution >= 0.6 is 11.3 Å². The normalized spacial score (nSPS) is 10.1. The second kappa shape index (κ2) is 7.59. The molecule has 21 heavy (non-hydrogen) atoms. The van der Waals surface area contributed by atoms with Gasteiger partial charge in [0.25, 0.3) is 0 Å². The predicted octanol–water partition coefficient (Wildman–Crippen LogP) is 2.56. The van der Waals surface area contributed by atoms with Crippen molar-refractivity contribution in [1.29, 1.82) is 0 Å². The second-order valence-corrected chi connectivity index (χ2v) is 5.81. The molecule has 2 N–H and O–H groups in total. The SMILES string of the molecule is CC(=O)NCCC(=O)NCc1ccc(-c2ccccc2)s1. The predicted molar refractivity (Wildman–Crippen MR) is 84.9 cm³/mol. The van der Waals surface area contributed by atoms with E-state index in [1.165, 1.54) is 17.4 Å². The van der Waals surface area contributed by atoms with E-state index >= 15 is 0 Å². The van der Waals surface area contributed by atoms with Gasteiger partial charge in [-0.3, -0.25) is 9.59 Å². The van der Waals surface area contributed by atoms with Crippen LogP contribution in [0, 0.1) is 0 Å². The van der Waals surface area contributed by atoms with Crippen molar-refractivity contribution < 1.29 is 9.59 Å². The molecule has 5 heteroatoms. The van der Waals surface area contributed by atoms with Crippen molar-refractivity contribution >= 4 is 23.2 Å². The van der Waals surface area contributed by atoms with Crippen molar-refractivity contribution in [2.45, 2.75) is 19.9 Å². The summed E-state index contributed by atoms with van der Waals surface area (Å²) in [5.41, 5.74) is 1.19. The van der Waals surface area contributed by atoms with Crippen molar-refractivity contribution in [2.24, 2.45) is 0 Å². The molecule has 0 radical (unpaired) electrons. The zero-order valence-electron chi connectivity index (χ0n) is 11.9. The lowest BCUT2D eigenvalue weighted by Gasteiger charge is -2.04. The van der Waals surface area contributed by atoms with Crippen LogP contribution in [0.3, 0.4) is 0 Å². The highest BCUT2D eigenvalue weighted by Crippen LogP contribution is 2.27. The molecule has 0 atom stereocenters. The molecular weight excluding hydrogens is 284 g/mol. The molecule has 0 bridgehead atoms. The highest BCUT2D eigenvalue weighted by atomic mass is 32.1. The van der Waals surface area contributed by atoms with Gasteiger partial charge in [0.1, 0.15) is 0 Å². The van der Waals surface area contributed by atoms with Gasteiger partial charge in [0.15, 0.2) is 0 Å². The van der Waals surface area contributed by atoms with Gasteiger partial charge < -0.3 is 10.6 Å². The van der Waals surface area contributed by atoms with Crippen molar-refractivity contribution in [3.05, 3.63) is 47.3 Å². The number of carbonyl (C=O) groups is 2. The molecule has 1 heterocycles. The van der Waals surface area contributed by atoms with E-state index in [1.807, 2.05) is 24.3 Å². The highest BCUT2D eigenvalue weighted by Gasteiger charge is 2.05. The molecule has 1 aromatic heterocycles. The second-order valence-electron chi connectivity index (χ2n) is 4.64. The summed E-state index contributed by atoms with van der Waals surface area (Å²) in [6.45, 7) is 2.34. The molecule has 0 aliphatic heterocycles. The number of nitrogens with one attached hydrogen (secondary N) is 2. The quantitative estimate of drug-likeness (QED) is 0.861. The van der Waals surface area contributed by atoms with Gasteiger partial charge >= 0.3 is 0 Å². The van der Waals surface area contributed by atoms with Crippen LogP contribution in [0.15, 0.2) is 42.5 Å². The summed E-state index contributed by atoms with van der Waals surface area (Å²) < 4.78 is 0. The van der Waals surface area contributed by atoms with Gasteiger partial charge in [0, 0.05) is 29.6 Å². The molecule has 0 saturated heterocycles. The maximum absolute atomic E-state index is 11.6. The molecule has 0 unspecified atom stereocenters. The molecule has 0 aliphatic carbocycles. The molecule has 4 nitrogen and oxygen atoms in total. The summed E-state index contributed by atoms with van der Waals surface area (Å²) >= 11 is 1.67. The fraction of sp³-hybridized carbons (Fsp3) is 0.250. The largest absolute Gasteiger partial charge is 0.356 e. The monoisotopic (exact) mass is 302 g/mol. The van der Waals surface area contributed by atoms with Crippen LogP contribution in [-0.4, -0.2) is 18.4 Å². The Morgan fingerprint density at radius 1 is 1.05 bits per heavy atom. The number of rotatable bonds is 6. The third kappa shape index (κ3) is 5.04. The van der Waals surface area contributed by atoms with E-state index in [0.717, 1.165) is 4.88 Å². The van der Waals surface area contributed by atoms with E-state index in [9.17, 15) is 9.59 Å². The smallest absolute Gasteiger partial charge is 0.222 e. The Hall–Kier alpha value is -2.14. The Labute approximate surface area is 128 Å². The summed E-state index contributed by atoms with van der Waals surface area (Å²) in [4.78, 5) is 24.6. The zero-order valence-corrected chi connectivity index (χ0v) is 12.7. The van der Waals surface area contributed by atoms with Gasteiger partial charge in [-0.2, -0.15) is 0 Å². The van der Waals surface area contributed by atoms with Gasteiger partial charge in [-0.25, -0.2) is 0 Å². The average Bonchev–Trinajstić information content (AvgIpc) is 2.94. The first kappa shape index (κ1) is 15.3. The maximum Gasteiger partial charge on any atom is 0.222 e. The molecule has 0 spiro atoms. The van der Waals surface area contributed by atoms with Crippen LogP contribution in [0.2, 0.25) is 0 Å². The van der Waals surface area contributed by atoms with E-state index in [-0.39, 0.29) is 11.8 Å². The third-order valence-corrected chi connectivity index (χ3v) is 4.04. The number of amides is 2. The van der Waals surface area contributed by atoms with Crippen molar-refractivity contribution in [3.63, 3.8) is 0 Å². The number of thiophene rings is 1. The standard InChI is InChI=1S/C16H18N2O2S/c1-12(19)17-10-9-16(20)18-11-14-7-8-15(21-14)13-5-3-2-4-6-13/h2-8H,9-11H2,1H3,(H,17,19)(H,18,20). The molecule has 1 aromatic carbocycles. The lowest BCUT2D eigenvalue weighted by atomic mass is 10.2. The molecular formula is C16H18N2O2S. The average molecular weight is 302 g/mol. The number of benzene rings is 1. The van der Waals surface area contributed by atoms with Gasteiger partial charge in [-0.05, 0) is 17.7 Å². The fourth-order valence-corrected chi connectivity index (χ4v) is 2.81. The Balaban J connectivity index is 1.80. The minimum Gasteiger partial charge on any atom is -0.356 e. The van der Waals surface area contributed by atoms with Gasteiger partial charge in [0.05, 0.1) is 6.54 Å². The number of hydrogen-bond donors (Lipinski definition) is 2. The van der Waals surface area contributed by atoms with Crippen molar-refractivity contribution in [3.8, 4) is 10.4 Å². The van der Waals surface area contributed by atoms with Crippen LogP contribution in [-0.2, 0) is 16.1 Å². The zero-order chi connectivity index (χ0) is 15.1. The van der Waals surface area contributed by atoms with Crippen LogP contribution in [0.5, 0.6) is 0 Å². The Bertz CT molecular complexity index is 608. The summed E-state index contributed by atoms with van der Waals surface area (Å²) in [6, 6.07) is 14.3.